The van der Waals surface area contributed by atoms with Crippen LogP contribution in [0.15, 0.2) is 16.5 Å². The molecule has 0 spiro atoms. The number of nitrogens with one attached hydrogen (secondary N) is 1. The molecule has 0 amide bonds. The minimum atomic E-state index is 0.582. The van der Waals surface area contributed by atoms with Gasteiger partial charge >= 0.3 is 0 Å². The molecule has 0 bridgehead atoms. The molecule has 2 nitrogen and oxygen atoms in total. The SMILES string of the molecule is CCNC(C)CCc1ccc(C2CC2C)o1. The molecule has 1 N–H and O–H groups in total. The average molecular weight is 221 g/mol. The molecule has 0 saturated heterocycles. The van der Waals surface area contributed by atoms with Gasteiger partial charge in [0.1, 0.15) is 11.5 Å². The lowest BCUT2D eigenvalue weighted by Crippen LogP contribution is -2.25. The van der Waals surface area contributed by atoms with Crippen molar-refractivity contribution in [3.05, 3.63) is 23.7 Å². The Morgan fingerprint density at radius 3 is 2.88 bits per heavy atom. The Hall–Kier alpha value is -0.760. The van der Waals surface area contributed by atoms with Crippen LogP contribution in [0, 0.1) is 5.92 Å². The molecule has 1 aliphatic rings. The molecule has 1 heterocycles. The van der Waals surface area contributed by atoms with E-state index in [9.17, 15) is 0 Å². The first kappa shape index (κ1) is 11.7. The van der Waals surface area contributed by atoms with Crippen molar-refractivity contribution in [3.63, 3.8) is 0 Å². The highest BCUT2D eigenvalue weighted by molar-refractivity contribution is 5.17. The van der Waals surface area contributed by atoms with E-state index >= 15 is 0 Å². The van der Waals surface area contributed by atoms with Gasteiger partial charge in [0.15, 0.2) is 0 Å². The fraction of sp³-hybridized carbons (Fsp3) is 0.714. The highest BCUT2D eigenvalue weighted by atomic mass is 16.3. The molecule has 90 valence electrons. The van der Waals surface area contributed by atoms with Gasteiger partial charge in [-0.15, -0.1) is 0 Å². The summed E-state index contributed by atoms with van der Waals surface area (Å²) in [6.07, 6.45) is 3.51. The monoisotopic (exact) mass is 221 g/mol. The van der Waals surface area contributed by atoms with Crippen molar-refractivity contribution in [2.24, 2.45) is 5.92 Å². The molecule has 2 rings (SSSR count). The van der Waals surface area contributed by atoms with Crippen LogP contribution >= 0.6 is 0 Å². The topological polar surface area (TPSA) is 25.2 Å². The molecular weight excluding hydrogens is 198 g/mol. The largest absolute Gasteiger partial charge is 0.466 e. The molecular formula is C14H23NO. The Morgan fingerprint density at radius 2 is 2.25 bits per heavy atom. The highest BCUT2D eigenvalue weighted by Gasteiger charge is 2.36. The third-order valence-electron chi connectivity index (χ3n) is 3.53. The zero-order valence-corrected chi connectivity index (χ0v) is 10.6. The summed E-state index contributed by atoms with van der Waals surface area (Å²) >= 11 is 0. The first-order valence-electron chi connectivity index (χ1n) is 6.52. The number of hydrogen-bond donors (Lipinski definition) is 1. The van der Waals surface area contributed by atoms with Crippen LogP contribution in [0.3, 0.4) is 0 Å². The molecule has 0 aromatic carbocycles. The summed E-state index contributed by atoms with van der Waals surface area (Å²) in [5.74, 6) is 3.90. The molecule has 0 aliphatic heterocycles. The van der Waals surface area contributed by atoms with Gasteiger partial charge in [-0.05, 0) is 44.4 Å². The van der Waals surface area contributed by atoms with E-state index < -0.39 is 0 Å². The van der Waals surface area contributed by atoms with Crippen LogP contribution in [0.2, 0.25) is 0 Å². The molecule has 3 atom stereocenters. The van der Waals surface area contributed by atoms with E-state index in [1.165, 1.54) is 12.2 Å². The summed E-state index contributed by atoms with van der Waals surface area (Å²) in [6.45, 7) is 7.72. The molecule has 1 aliphatic carbocycles. The van der Waals surface area contributed by atoms with Crippen LogP contribution in [0.5, 0.6) is 0 Å². The lowest BCUT2D eigenvalue weighted by Gasteiger charge is -2.10. The van der Waals surface area contributed by atoms with Gasteiger partial charge in [-0.25, -0.2) is 0 Å². The van der Waals surface area contributed by atoms with Gasteiger partial charge in [-0.1, -0.05) is 13.8 Å². The summed E-state index contributed by atoms with van der Waals surface area (Å²) in [5.41, 5.74) is 0. The van der Waals surface area contributed by atoms with Crippen LogP contribution < -0.4 is 5.32 Å². The van der Waals surface area contributed by atoms with E-state index in [0.29, 0.717) is 12.0 Å². The average Bonchev–Trinajstić information content (AvgIpc) is 2.80. The van der Waals surface area contributed by atoms with E-state index in [1.54, 1.807) is 0 Å². The van der Waals surface area contributed by atoms with Crippen LogP contribution in [-0.4, -0.2) is 12.6 Å². The molecule has 1 fully saturated rings. The quantitative estimate of drug-likeness (QED) is 0.797. The maximum Gasteiger partial charge on any atom is 0.107 e. The maximum absolute atomic E-state index is 5.88. The molecule has 16 heavy (non-hydrogen) atoms. The van der Waals surface area contributed by atoms with E-state index in [2.05, 4.69) is 38.2 Å². The second-order valence-electron chi connectivity index (χ2n) is 5.12. The Balaban J connectivity index is 1.79. The smallest absolute Gasteiger partial charge is 0.107 e. The third-order valence-corrected chi connectivity index (χ3v) is 3.53. The predicted molar refractivity (Wildman–Crippen MR) is 66.7 cm³/mol. The second kappa shape index (κ2) is 5.05. The number of rotatable bonds is 6. The summed E-state index contributed by atoms with van der Waals surface area (Å²) in [6, 6.07) is 4.90. The van der Waals surface area contributed by atoms with Crippen molar-refractivity contribution < 1.29 is 4.42 Å². The van der Waals surface area contributed by atoms with Crippen molar-refractivity contribution in [1.82, 2.24) is 5.32 Å². The molecule has 0 radical (unpaired) electrons. The second-order valence-corrected chi connectivity index (χ2v) is 5.12. The zero-order chi connectivity index (χ0) is 11.5. The highest BCUT2D eigenvalue weighted by Crippen LogP contribution is 2.47. The fourth-order valence-electron chi connectivity index (χ4n) is 2.26. The van der Waals surface area contributed by atoms with Crippen molar-refractivity contribution in [3.8, 4) is 0 Å². The van der Waals surface area contributed by atoms with Crippen molar-refractivity contribution in [2.75, 3.05) is 6.54 Å². The van der Waals surface area contributed by atoms with Gasteiger partial charge in [-0.3, -0.25) is 0 Å². The summed E-state index contributed by atoms with van der Waals surface area (Å²) in [7, 11) is 0. The molecule has 1 aromatic heterocycles. The Morgan fingerprint density at radius 1 is 1.50 bits per heavy atom. The Labute approximate surface area is 98.4 Å². The van der Waals surface area contributed by atoms with Crippen molar-refractivity contribution in [2.45, 2.75) is 52.0 Å². The zero-order valence-electron chi connectivity index (χ0n) is 10.6. The van der Waals surface area contributed by atoms with E-state index in [4.69, 9.17) is 4.42 Å². The lowest BCUT2D eigenvalue weighted by molar-refractivity contribution is 0.437. The van der Waals surface area contributed by atoms with E-state index in [-0.39, 0.29) is 0 Å². The summed E-state index contributed by atoms with van der Waals surface area (Å²) in [4.78, 5) is 0. The van der Waals surface area contributed by atoms with Crippen molar-refractivity contribution in [1.29, 1.82) is 0 Å². The van der Waals surface area contributed by atoms with Gasteiger partial charge in [-0.2, -0.15) is 0 Å². The first-order valence-corrected chi connectivity index (χ1v) is 6.52. The van der Waals surface area contributed by atoms with Crippen LogP contribution in [0.4, 0.5) is 0 Å². The van der Waals surface area contributed by atoms with Crippen LogP contribution in [-0.2, 0) is 6.42 Å². The number of aryl methyl sites for hydroxylation is 1. The normalized spacial score (nSPS) is 25.7. The molecule has 1 aromatic rings. The van der Waals surface area contributed by atoms with Gasteiger partial charge in [0.25, 0.3) is 0 Å². The molecule has 1 saturated carbocycles. The van der Waals surface area contributed by atoms with E-state index in [0.717, 1.165) is 31.1 Å². The summed E-state index contributed by atoms with van der Waals surface area (Å²) < 4.78 is 5.88. The fourth-order valence-corrected chi connectivity index (χ4v) is 2.26. The number of hydrogen-bond acceptors (Lipinski definition) is 2. The van der Waals surface area contributed by atoms with Crippen LogP contribution in [0.1, 0.15) is 51.1 Å². The van der Waals surface area contributed by atoms with E-state index in [1.807, 2.05) is 0 Å². The third kappa shape index (κ3) is 2.88. The summed E-state index contributed by atoms with van der Waals surface area (Å²) in [5, 5.41) is 3.42. The molecule has 3 unspecified atom stereocenters. The predicted octanol–water partition coefficient (Wildman–Crippen LogP) is 3.33. The van der Waals surface area contributed by atoms with Crippen LogP contribution in [0.25, 0.3) is 0 Å². The van der Waals surface area contributed by atoms with Gasteiger partial charge in [0.2, 0.25) is 0 Å². The first-order chi connectivity index (χ1) is 7.70. The van der Waals surface area contributed by atoms with Gasteiger partial charge in [0, 0.05) is 18.4 Å². The maximum atomic E-state index is 5.88. The standard InChI is InChI=1S/C14H23NO/c1-4-15-11(3)5-6-12-7-8-14(16-12)13-9-10(13)2/h7-8,10-11,13,15H,4-6,9H2,1-3H3. The van der Waals surface area contributed by atoms with Crippen molar-refractivity contribution >= 4 is 0 Å². The number of furan rings is 1. The Bertz CT molecular complexity index is 331. The Kier molecular flexibility index (Phi) is 3.70. The van der Waals surface area contributed by atoms with Gasteiger partial charge < -0.3 is 9.73 Å². The van der Waals surface area contributed by atoms with Gasteiger partial charge in [0.05, 0.1) is 0 Å². The minimum Gasteiger partial charge on any atom is -0.466 e. The molecule has 2 heteroatoms. The minimum absolute atomic E-state index is 0.582. The lowest BCUT2D eigenvalue weighted by atomic mass is 10.1.